The quantitative estimate of drug-likeness (QED) is 0.888. The Morgan fingerprint density at radius 3 is 2.50 bits per heavy atom. The lowest BCUT2D eigenvalue weighted by Crippen LogP contribution is -2.29. The molecule has 0 saturated carbocycles. The summed E-state index contributed by atoms with van der Waals surface area (Å²) in [5.41, 5.74) is 2.21. The molecular formula is C14H17NO3. The fraction of sp³-hybridized carbons (Fsp3) is 0.429. The number of carbonyl (C=O) groups excluding carboxylic acids is 1. The summed E-state index contributed by atoms with van der Waals surface area (Å²) in [6, 6.07) is 7.91. The third-order valence-corrected chi connectivity index (χ3v) is 3.53. The number of likely N-dealkylation sites (tertiary alicyclic amines) is 1. The van der Waals surface area contributed by atoms with E-state index in [0.717, 1.165) is 5.56 Å². The SMILES string of the molecule is Cc1ccc([C@H](C)N2C[C@H](C(=O)O)CC2=O)cc1. The van der Waals surface area contributed by atoms with E-state index in [9.17, 15) is 9.59 Å². The summed E-state index contributed by atoms with van der Waals surface area (Å²) in [4.78, 5) is 24.4. The van der Waals surface area contributed by atoms with Gasteiger partial charge in [-0.05, 0) is 19.4 Å². The summed E-state index contributed by atoms with van der Waals surface area (Å²) in [5, 5.41) is 8.96. The number of hydrogen-bond acceptors (Lipinski definition) is 2. The third kappa shape index (κ3) is 2.37. The van der Waals surface area contributed by atoms with Gasteiger partial charge in [-0.2, -0.15) is 0 Å². The van der Waals surface area contributed by atoms with E-state index in [4.69, 9.17) is 5.11 Å². The topological polar surface area (TPSA) is 57.6 Å². The molecule has 18 heavy (non-hydrogen) atoms. The molecule has 0 aromatic heterocycles. The van der Waals surface area contributed by atoms with Crippen LogP contribution in [0.1, 0.15) is 30.5 Å². The van der Waals surface area contributed by atoms with Gasteiger partial charge in [-0.1, -0.05) is 29.8 Å². The maximum absolute atomic E-state index is 11.8. The molecule has 0 unspecified atom stereocenters. The minimum atomic E-state index is -0.887. The smallest absolute Gasteiger partial charge is 0.308 e. The number of carboxylic acids is 1. The first kappa shape index (κ1) is 12.6. The van der Waals surface area contributed by atoms with Crippen LogP contribution >= 0.6 is 0 Å². The van der Waals surface area contributed by atoms with Crippen LogP contribution in [0.15, 0.2) is 24.3 Å². The molecule has 4 heteroatoms. The number of aliphatic carboxylic acids is 1. The molecule has 0 spiro atoms. The Morgan fingerprint density at radius 2 is 2.00 bits per heavy atom. The van der Waals surface area contributed by atoms with E-state index in [0.29, 0.717) is 6.54 Å². The molecule has 1 aromatic carbocycles. The largest absolute Gasteiger partial charge is 0.481 e. The summed E-state index contributed by atoms with van der Waals surface area (Å²) in [7, 11) is 0. The van der Waals surface area contributed by atoms with E-state index >= 15 is 0 Å². The van der Waals surface area contributed by atoms with Crippen molar-refractivity contribution < 1.29 is 14.7 Å². The number of amides is 1. The van der Waals surface area contributed by atoms with Crippen LogP contribution < -0.4 is 0 Å². The summed E-state index contributed by atoms with van der Waals surface area (Å²) < 4.78 is 0. The zero-order chi connectivity index (χ0) is 13.3. The van der Waals surface area contributed by atoms with E-state index < -0.39 is 11.9 Å². The lowest BCUT2D eigenvalue weighted by molar-refractivity contribution is -0.141. The minimum absolute atomic E-state index is 0.0672. The molecule has 0 aliphatic carbocycles. The minimum Gasteiger partial charge on any atom is -0.481 e. The van der Waals surface area contributed by atoms with E-state index in [-0.39, 0.29) is 18.4 Å². The Bertz CT molecular complexity index is 466. The molecule has 96 valence electrons. The predicted octanol–water partition coefficient (Wildman–Crippen LogP) is 1.99. The van der Waals surface area contributed by atoms with Gasteiger partial charge in [-0.3, -0.25) is 9.59 Å². The monoisotopic (exact) mass is 247 g/mol. The predicted molar refractivity (Wildman–Crippen MR) is 67.0 cm³/mol. The first-order chi connectivity index (χ1) is 8.49. The van der Waals surface area contributed by atoms with Gasteiger partial charge in [0.05, 0.1) is 12.0 Å². The number of benzene rings is 1. The van der Waals surface area contributed by atoms with Crippen LogP contribution in [0.3, 0.4) is 0 Å². The number of hydrogen-bond donors (Lipinski definition) is 1. The first-order valence-electron chi connectivity index (χ1n) is 6.08. The van der Waals surface area contributed by atoms with Crippen LogP contribution in [0.4, 0.5) is 0 Å². The highest BCUT2D eigenvalue weighted by molar-refractivity contribution is 5.86. The number of nitrogens with zero attached hydrogens (tertiary/aromatic N) is 1. The zero-order valence-electron chi connectivity index (χ0n) is 10.6. The molecule has 1 aromatic rings. The Balaban J connectivity index is 2.14. The standard InChI is InChI=1S/C14H17NO3/c1-9-3-5-11(6-4-9)10(2)15-8-12(14(17)18)7-13(15)16/h3-6,10,12H,7-8H2,1-2H3,(H,17,18)/t10-,12+/m0/s1. The normalized spacial score (nSPS) is 21.1. The van der Waals surface area contributed by atoms with Crippen molar-refractivity contribution in [2.24, 2.45) is 5.92 Å². The Kier molecular flexibility index (Phi) is 3.36. The van der Waals surface area contributed by atoms with E-state index in [1.54, 1.807) is 4.90 Å². The van der Waals surface area contributed by atoms with Gasteiger partial charge in [-0.15, -0.1) is 0 Å². The van der Waals surface area contributed by atoms with Crippen molar-refractivity contribution in [3.05, 3.63) is 35.4 Å². The fourth-order valence-corrected chi connectivity index (χ4v) is 2.30. The van der Waals surface area contributed by atoms with Crippen molar-refractivity contribution in [3.8, 4) is 0 Å². The zero-order valence-corrected chi connectivity index (χ0v) is 10.6. The van der Waals surface area contributed by atoms with Gasteiger partial charge in [0.2, 0.25) is 5.91 Å². The second-order valence-electron chi connectivity index (χ2n) is 4.87. The summed E-state index contributed by atoms with van der Waals surface area (Å²) in [6.07, 6.45) is 0.117. The molecule has 1 saturated heterocycles. The third-order valence-electron chi connectivity index (χ3n) is 3.53. The Morgan fingerprint density at radius 1 is 1.39 bits per heavy atom. The van der Waals surface area contributed by atoms with Gasteiger partial charge in [0.25, 0.3) is 0 Å². The highest BCUT2D eigenvalue weighted by atomic mass is 16.4. The molecule has 1 amide bonds. The van der Waals surface area contributed by atoms with E-state index in [2.05, 4.69) is 0 Å². The number of aryl methyl sites for hydroxylation is 1. The van der Waals surface area contributed by atoms with Crippen LogP contribution in [0.5, 0.6) is 0 Å². The Labute approximate surface area is 106 Å². The molecule has 0 radical (unpaired) electrons. The van der Waals surface area contributed by atoms with Gasteiger partial charge in [0.15, 0.2) is 0 Å². The molecule has 1 aliphatic rings. The molecule has 2 atom stereocenters. The molecule has 4 nitrogen and oxygen atoms in total. The average Bonchev–Trinajstić information content (AvgIpc) is 2.71. The number of carboxylic acid groups (broad SMARTS) is 1. The van der Waals surface area contributed by atoms with Crippen molar-refractivity contribution in [1.82, 2.24) is 4.90 Å². The van der Waals surface area contributed by atoms with Crippen LogP contribution in [-0.2, 0) is 9.59 Å². The van der Waals surface area contributed by atoms with Crippen molar-refractivity contribution in [2.75, 3.05) is 6.54 Å². The molecule has 1 heterocycles. The first-order valence-corrected chi connectivity index (χ1v) is 6.08. The van der Waals surface area contributed by atoms with Crippen molar-refractivity contribution in [1.29, 1.82) is 0 Å². The van der Waals surface area contributed by atoms with E-state index in [1.165, 1.54) is 5.56 Å². The van der Waals surface area contributed by atoms with Gasteiger partial charge in [-0.25, -0.2) is 0 Å². The maximum Gasteiger partial charge on any atom is 0.308 e. The summed E-state index contributed by atoms with van der Waals surface area (Å²) in [6.45, 7) is 4.26. The van der Waals surface area contributed by atoms with Gasteiger partial charge >= 0.3 is 5.97 Å². The molecule has 1 N–H and O–H groups in total. The molecular weight excluding hydrogens is 230 g/mol. The lowest BCUT2D eigenvalue weighted by atomic mass is 10.1. The van der Waals surface area contributed by atoms with E-state index in [1.807, 2.05) is 38.1 Å². The van der Waals surface area contributed by atoms with Gasteiger partial charge < -0.3 is 10.0 Å². The maximum atomic E-state index is 11.8. The van der Waals surface area contributed by atoms with Crippen LogP contribution in [0, 0.1) is 12.8 Å². The van der Waals surface area contributed by atoms with Crippen molar-refractivity contribution in [3.63, 3.8) is 0 Å². The number of rotatable bonds is 3. The highest BCUT2D eigenvalue weighted by Gasteiger charge is 2.36. The Hall–Kier alpha value is -1.84. The second kappa shape index (κ2) is 4.80. The fourth-order valence-electron chi connectivity index (χ4n) is 2.30. The average molecular weight is 247 g/mol. The molecule has 1 aliphatic heterocycles. The van der Waals surface area contributed by atoms with Crippen LogP contribution in [0.2, 0.25) is 0 Å². The van der Waals surface area contributed by atoms with Crippen molar-refractivity contribution >= 4 is 11.9 Å². The second-order valence-corrected chi connectivity index (χ2v) is 4.87. The lowest BCUT2D eigenvalue weighted by Gasteiger charge is -2.25. The molecule has 2 rings (SSSR count). The van der Waals surface area contributed by atoms with Gasteiger partial charge in [0.1, 0.15) is 0 Å². The van der Waals surface area contributed by atoms with Crippen molar-refractivity contribution in [2.45, 2.75) is 26.3 Å². The van der Waals surface area contributed by atoms with Gasteiger partial charge in [0, 0.05) is 13.0 Å². The summed E-state index contributed by atoms with van der Waals surface area (Å²) in [5.74, 6) is -1.53. The number of carbonyl (C=O) groups is 2. The van der Waals surface area contributed by atoms with Crippen LogP contribution in [-0.4, -0.2) is 28.4 Å². The summed E-state index contributed by atoms with van der Waals surface area (Å²) >= 11 is 0. The molecule has 1 fully saturated rings. The highest BCUT2D eigenvalue weighted by Crippen LogP contribution is 2.28. The molecule has 0 bridgehead atoms. The van der Waals surface area contributed by atoms with Crippen LogP contribution in [0.25, 0.3) is 0 Å².